The van der Waals surface area contributed by atoms with E-state index in [4.69, 9.17) is 19.9 Å². The maximum absolute atomic E-state index is 12.2. The summed E-state index contributed by atoms with van der Waals surface area (Å²) in [4.78, 5) is 50.5. The predicted octanol–water partition coefficient (Wildman–Crippen LogP) is 10.5. The number of hydrogen-bond donors (Lipinski definition) is 3. The van der Waals surface area contributed by atoms with E-state index in [0.29, 0.717) is 25.3 Å². The van der Waals surface area contributed by atoms with Gasteiger partial charge in [0.25, 0.3) is 0 Å². The zero-order valence-corrected chi connectivity index (χ0v) is 35.5. The number of rotatable bonds is 6. The molecular formula is C47H72N8O6. The summed E-state index contributed by atoms with van der Waals surface area (Å²) in [5, 5.41) is 3.27. The van der Waals surface area contributed by atoms with Crippen LogP contribution >= 0.6 is 0 Å². The molecule has 14 heteroatoms. The van der Waals surface area contributed by atoms with Crippen molar-refractivity contribution in [1.29, 1.82) is 0 Å². The van der Waals surface area contributed by atoms with Crippen LogP contribution in [0.3, 0.4) is 0 Å². The molecule has 0 bridgehead atoms. The number of aromatic nitrogens is 2. The Bertz CT molecular complexity index is 2040. The van der Waals surface area contributed by atoms with Gasteiger partial charge < -0.3 is 35.1 Å². The molecule has 3 aliphatic heterocycles. The lowest BCUT2D eigenvalue weighted by molar-refractivity contribution is 0.0573. The van der Waals surface area contributed by atoms with E-state index in [1.54, 1.807) is 21.0 Å². The lowest BCUT2D eigenvalue weighted by Crippen LogP contribution is -2.35. The summed E-state index contributed by atoms with van der Waals surface area (Å²) in [6, 6.07) is 18.0. The van der Waals surface area contributed by atoms with Gasteiger partial charge in [-0.2, -0.15) is 0 Å². The van der Waals surface area contributed by atoms with E-state index >= 15 is 0 Å². The molecule has 4 N–H and O–H groups in total. The number of nitrogens with one attached hydrogen (secondary N) is 2. The summed E-state index contributed by atoms with van der Waals surface area (Å²) in [6.07, 6.45) is 5.40. The van der Waals surface area contributed by atoms with Crippen LogP contribution in [0.5, 0.6) is 0 Å². The maximum Gasteiger partial charge on any atom is 0.414 e. The summed E-state index contributed by atoms with van der Waals surface area (Å²) in [6.45, 7) is 19.8. The summed E-state index contributed by atoms with van der Waals surface area (Å²) in [5.74, 6) is 0. The van der Waals surface area contributed by atoms with Crippen LogP contribution in [0.2, 0.25) is 0 Å². The Hall–Kier alpha value is -5.92. The van der Waals surface area contributed by atoms with E-state index in [0.717, 1.165) is 72.9 Å². The van der Waals surface area contributed by atoms with E-state index in [1.165, 1.54) is 23.9 Å². The molecule has 3 amide bonds. The molecule has 0 spiro atoms. The standard InChI is InChI=1S/C16H20N4O2.C15H22N2O2.C13H18N2O2.3CH4/c1-3-20(16(21)22-2)14-5-4-12-6-7-19(15(12)8-14)10-13-9-17-11-18-13;1-5-16-12-7-6-11-8-9-17(13(11)10-12)14(18)19-15(2,3)4;1-13(2,3)17-12(16)15-7-6-9-4-5-10(14)8-11(9)15;;;/h4-5,8-9,11H,3,6-7,10H2,1-2H3,(H,17,18);6-7,10,16H,5,8-9H2,1-4H3;4-5,8H,6-7,14H2,1-3H3;3*1H4. The number of carbonyl (C=O) groups excluding carboxylic acids is 3. The van der Waals surface area contributed by atoms with Gasteiger partial charge in [0.2, 0.25) is 0 Å². The number of H-pyrrole nitrogens is 1. The average molecular weight is 845 g/mol. The van der Waals surface area contributed by atoms with Crippen LogP contribution in [0.25, 0.3) is 0 Å². The number of imidazole rings is 1. The zero-order chi connectivity index (χ0) is 42.2. The van der Waals surface area contributed by atoms with Crippen LogP contribution < -0.4 is 30.7 Å². The fourth-order valence-corrected chi connectivity index (χ4v) is 6.97. The number of benzene rings is 3. The van der Waals surface area contributed by atoms with Gasteiger partial charge in [-0.05, 0) is 128 Å². The topological polar surface area (TPSA) is 159 Å². The number of amides is 3. The third kappa shape index (κ3) is 13.5. The van der Waals surface area contributed by atoms with E-state index < -0.39 is 11.2 Å². The number of fused-ring (bicyclic) bond motifs is 3. The molecule has 3 aromatic carbocycles. The van der Waals surface area contributed by atoms with Gasteiger partial charge >= 0.3 is 18.3 Å². The fraction of sp³-hybridized carbons (Fsp3) is 0.489. The highest BCUT2D eigenvalue weighted by atomic mass is 16.6. The molecule has 1 aromatic heterocycles. The van der Waals surface area contributed by atoms with Crippen molar-refractivity contribution in [2.24, 2.45) is 0 Å². The fourth-order valence-electron chi connectivity index (χ4n) is 6.97. The number of methoxy groups -OCH3 is 1. The van der Waals surface area contributed by atoms with Crippen LogP contribution in [0.15, 0.2) is 67.1 Å². The molecular weight excluding hydrogens is 773 g/mol. The summed E-state index contributed by atoms with van der Waals surface area (Å²) in [5.41, 5.74) is 15.1. The number of nitrogen functional groups attached to an aromatic ring is 1. The van der Waals surface area contributed by atoms with Crippen molar-refractivity contribution in [1.82, 2.24) is 9.97 Å². The van der Waals surface area contributed by atoms with Crippen LogP contribution in [0.1, 0.15) is 100 Å². The molecule has 0 atom stereocenters. The molecule has 14 nitrogen and oxygen atoms in total. The zero-order valence-electron chi connectivity index (χ0n) is 35.5. The van der Waals surface area contributed by atoms with Crippen LogP contribution in [0, 0.1) is 0 Å². The van der Waals surface area contributed by atoms with Gasteiger partial charge in [0.15, 0.2) is 0 Å². The Morgan fingerprint density at radius 3 is 1.84 bits per heavy atom. The Kier molecular flexibility index (Phi) is 18.5. The average Bonchev–Trinajstić information content (AvgIpc) is 3.98. The lowest BCUT2D eigenvalue weighted by Gasteiger charge is -2.25. The molecule has 0 saturated heterocycles. The first-order valence-electron chi connectivity index (χ1n) is 20.0. The molecule has 0 fully saturated rings. The molecule has 0 aliphatic carbocycles. The quantitative estimate of drug-likeness (QED) is 0.126. The summed E-state index contributed by atoms with van der Waals surface area (Å²) in [7, 11) is 1.41. The minimum atomic E-state index is -0.472. The smallest absolute Gasteiger partial charge is 0.414 e. The second kappa shape index (κ2) is 22.1. The number of nitrogens with two attached hydrogens (primary N) is 1. The van der Waals surface area contributed by atoms with E-state index in [2.05, 4.69) is 51.4 Å². The van der Waals surface area contributed by atoms with Gasteiger partial charge in [0.05, 0.1) is 37.1 Å². The molecule has 0 saturated carbocycles. The molecule has 4 heterocycles. The van der Waals surface area contributed by atoms with Gasteiger partial charge in [0, 0.05) is 61.7 Å². The van der Waals surface area contributed by atoms with Crippen molar-refractivity contribution in [3.05, 3.63) is 89.5 Å². The van der Waals surface area contributed by atoms with Gasteiger partial charge in [-0.25, -0.2) is 19.4 Å². The Morgan fingerprint density at radius 1 is 0.770 bits per heavy atom. The van der Waals surface area contributed by atoms with E-state index in [-0.39, 0.29) is 40.6 Å². The molecule has 3 aliphatic rings. The van der Waals surface area contributed by atoms with Crippen molar-refractivity contribution < 1.29 is 28.6 Å². The number of anilines is 6. The Morgan fingerprint density at radius 2 is 1.31 bits per heavy atom. The Labute approximate surface area is 364 Å². The minimum absolute atomic E-state index is 0. The van der Waals surface area contributed by atoms with Crippen LogP contribution in [-0.2, 0) is 40.0 Å². The highest BCUT2D eigenvalue weighted by molar-refractivity contribution is 5.92. The monoisotopic (exact) mass is 845 g/mol. The van der Waals surface area contributed by atoms with Crippen molar-refractivity contribution in [3.8, 4) is 0 Å². The van der Waals surface area contributed by atoms with Crippen LogP contribution in [0.4, 0.5) is 48.5 Å². The largest absolute Gasteiger partial charge is 0.452 e. The third-order valence-corrected chi connectivity index (χ3v) is 9.59. The van der Waals surface area contributed by atoms with E-state index in [9.17, 15) is 14.4 Å². The predicted molar refractivity (Wildman–Crippen MR) is 251 cm³/mol. The van der Waals surface area contributed by atoms with Gasteiger partial charge in [-0.15, -0.1) is 0 Å². The number of ether oxygens (including phenoxy) is 3. The highest BCUT2D eigenvalue weighted by Crippen LogP contribution is 2.35. The SMILES string of the molecule is C.C.C.CC(C)(C)OC(=O)N1CCc2ccc(N)cc21.CCN(C(=O)OC)c1ccc2c(c1)N(Cc1cnc[nH]1)CC2.CCNc1ccc2c(c1)N(C(=O)OC(C)(C)C)CC2. The van der Waals surface area contributed by atoms with E-state index in [1.807, 2.05) is 85.0 Å². The minimum Gasteiger partial charge on any atom is -0.452 e. The molecule has 7 rings (SSSR count). The summed E-state index contributed by atoms with van der Waals surface area (Å²) >= 11 is 0. The van der Waals surface area contributed by atoms with Crippen molar-refractivity contribution in [3.63, 3.8) is 0 Å². The molecule has 61 heavy (non-hydrogen) atoms. The van der Waals surface area contributed by atoms with Crippen molar-refractivity contribution >= 4 is 52.4 Å². The first kappa shape index (κ1) is 51.2. The van der Waals surface area contributed by atoms with Gasteiger partial charge in [0.1, 0.15) is 11.2 Å². The lowest BCUT2D eigenvalue weighted by atomic mass is 10.1. The number of hydrogen-bond acceptors (Lipinski definition) is 10. The Balaban J connectivity index is 0.000000310. The second-order valence-corrected chi connectivity index (χ2v) is 16.3. The normalized spacial score (nSPS) is 13.2. The van der Waals surface area contributed by atoms with Gasteiger partial charge in [-0.1, -0.05) is 40.5 Å². The molecule has 336 valence electrons. The molecule has 4 aromatic rings. The number of carbonyl (C=O) groups is 3. The van der Waals surface area contributed by atoms with Crippen molar-refractivity contribution in [2.45, 2.75) is 115 Å². The molecule has 0 radical (unpaired) electrons. The first-order chi connectivity index (χ1) is 27.5. The second-order valence-electron chi connectivity index (χ2n) is 16.3. The number of aromatic amines is 1. The maximum atomic E-state index is 12.2. The first-order valence-corrected chi connectivity index (χ1v) is 20.0. The highest BCUT2D eigenvalue weighted by Gasteiger charge is 2.30. The number of nitrogens with zero attached hydrogens (tertiary/aromatic N) is 5. The van der Waals surface area contributed by atoms with Gasteiger partial charge in [-0.3, -0.25) is 14.7 Å². The third-order valence-electron chi connectivity index (χ3n) is 9.59. The van der Waals surface area contributed by atoms with Crippen molar-refractivity contribution in [2.75, 3.05) is 70.5 Å². The van der Waals surface area contributed by atoms with Crippen LogP contribution in [-0.4, -0.2) is 79.3 Å². The summed E-state index contributed by atoms with van der Waals surface area (Å²) < 4.78 is 15.7. The molecule has 0 unspecified atom stereocenters.